The molecule has 5 heterocycles. The van der Waals surface area contributed by atoms with Gasteiger partial charge in [-0.25, -0.2) is 18.7 Å². The van der Waals surface area contributed by atoms with E-state index in [4.69, 9.17) is 4.74 Å². The summed E-state index contributed by atoms with van der Waals surface area (Å²) in [5, 5.41) is 9.22. The van der Waals surface area contributed by atoms with Crippen LogP contribution < -0.4 is 0 Å². The number of aromatic nitrogens is 6. The first-order valence-corrected chi connectivity index (χ1v) is 16.8. The molecule has 4 aromatic heterocycles. The topological polar surface area (TPSA) is 150 Å². The second kappa shape index (κ2) is 15.9. The van der Waals surface area contributed by atoms with Crippen LogP contribution in [-0.4, -0.2) is 77.8 Å². The van der Waals surface area contributed by atoms with E-state index in [0.29, 0.717) is 17.1 Å². The van der Waals surface area contributed by atoms with Crippen molar-refractivity contribution in [3.8, 4) is 22.5 Å². The van der Waals surface area contributed by atoms with Crippen molar-refractivity contribution in [2.45, 2.75) is 13.2 Å². The van der Waals surface area contributed by atoms with Crippen molar-refractivity contribution in [2.24, 2.45) is 0 Å². The fraction of sp³-hybridized carbons (Fsp3) is 0.150. The number of nitrogens with zero attached hydrogens (tertiary/aromatic N) is 5. The number of halogens is 2. The number of imidazole rings is 2. The zero-order valence-electron chi connectivity index (χ0n) is 28.3. The number of aliphatic hydroxyl groups is 1. The third-order valence-electron chi connectivity index (χ3n) is 8.68. The lowest BCUT2D eigenvalue weighted by atomic mass is 10.1. The van der Waals surface area contributed by atoms with Crippen LogP contribution in [0.4, 0.5) is 8.78 Å². The summed E-state index contributed by atoms with van der Waals surface area (Å²) in [6.45, 7) is 4.24. The third kappa shape index (κ3) is 8.12. The van der Waals surface area contributed by atoms with E-state index in [-0.39, 0.29) is 40.8 Å². The van der Waals surface area contributed by atoms with E-state index in [1.165, 1.54) is 42.4 Å². The maximum atomic E-state index is 13.8. The lowest BCUT2D eigenvalue weighted by Gasteiger charge is -2.26. The molecule has 1 fully saturated rings. The van der Waals surface area contributed by atoms with Gasteiger partial charge in [-0.3, -0.25) is 24.5 Å². The molecule has 0 saturated carbocycles. The van der Waals surface area contributed by atoms with Gasteiger partial charge in [0.15, 0.2) is 11.6 Å². The van der Waals surface area contributed by atoms with Gasteiger partial charge in [-0.2, -0.15) is 0 Å². The van der Waals surface area contributed by atoms with Crippen LogP contribution in [0.2, 0.25) is 0 Å². The van der Waals surface area contributed by atoms with Gasteiger partial charge < -0.3 is 19.8 Å². The summed E-state index contributed by atoms with van der Waals surface area (Å²) in [4.78, 5) is 50.2. The van der Waals surface area contributed by atoms with Crippen molar-refractivity contribution >= 4 is 22.6 Å². The van der Waals surface area contributed by atoms with E-state index in [1.54, 1.807) is 18.3 Å². The molecule has 3 aromatic carbocycles. The molecule has 0 bridgehead atoms. The number of carbonyl (C=O) groups excluding carboxylic acids is 2. The van der Waals surface area contributed by atoms with E-state index in [2.05, 4.69) is 46.9 Å². The molecule has 13 heteroatoms. The molecule has 1 aliphatic rings. The van der Waals surface area contributed by atoms with E-state index >= 15 is 0 Å². The molecule has 0 spiro atoms. The Morgan fingerprint density at radius 3 is 2.09 bits per heavy atom. The molecule has 0 aliphatic carbocycles. The van der Waals surface area contributed by atoms with Crippen molar-refractivity contribution in [3.05, 3.63) is 155 Å². The van der Waals surface area contributed by atoms with E-state index in [9.17, 15) is 23.5 Å². The molecule has 11 nitrogen and oxygen atoms in total. The highest BCUT2D eigenvalue weighted by atomic mass is 19.1. The summed E-state index contributed by atoms with van der Waals surface area (Å²) in [6, 6.07) is 23.4. The quantitative estimate of drug-likeness (QED) is 0.150. The summed E-state index contributed by atoms with van der Waals surface area (Å²) >= 11 is 0. The minimum Gasteiger partial charge on any atom is -0.392 e. The Hall–Kier alpha value is -6.28. The van der Waals surface area contributed by atoms with Gasteiger partial charge >= 0.3 is 0 Å². The van der Waals surface area contributed by atoms with Crippen molar-refractivity contribution in [3.63, 3.8) is 0 Å². The SMILES string of the molecule is O=C(c1ccnc(-c2c(F)cccc2F)c1)c1ncc[nH]1.O=C(c1ccnc(-c2ccc(CO)cc2)c1)c1nc2ccc(CN3CCOCC3)cc2[nH]1. The van der Waals surface area contributed by atoms with Crippen LogP contribution in [0.25, 0.3) is 33.5 Å². The molecule has 0 amide bonds. The minimum atomic E-state index is -0.731. The Balaban J connectivity index is 0.000000179. The summed E-state index contributed by atoms with van der Waals surface area (Å²) in [6.07, 6.45) is 5.93. The number of hydrogen-bond donors (Lipinski definition) is 3. The van der Waals surface area contributed by atoms with Gasteiger partial charge in [-0.05, 0) is 59.7 Å². The van der Waals surface area contributed by atoms with Gasteiger partial charge in [-0.15, -0.1) is 0 Å². The average molecular weight is 714 g/mol. The summed E-state index contributed by atoms with van der Waals surface area (Å²) in [5.41, 5.74) is 5.79. The number of hydrogen-bond acceptors (Lipinski definition) is 9. The van der Waals surface area contributed by atoms with Crippen LogP contribution in [0, 0.1) is 11.6 Å². The predicted octanol–water partition coefficient (Wildman–Crippen LogP) is 6.16. The molecule has 1 aliphatic heterocycles. The molecule has 0 unspecified atom stereocenters. The van der Waals surface area contributed by atoms with E-state index in [1.807, 2.05) is 30.3 Å². The number of ketones is 2. The minimum absolute atomic E-state index is 0.00749. The van der Waals surface area contributed by atoms with Gasteiger partial charge in [-0.1, -0.05) is 36.4 Å². The molecule has 53 heavy (non-hydrogen) atoms. The Labute approximate surface area is 302 Å². The summed E-state index contributed by atoms with van der Waals surface area (Å²) in [7, 11) is 0. The highest BCUT2D eigenvalue weighted by Gasteiger charge is 2.18. The first-order valence-electron chi connectivity index (χ1n) is 16.8. The van der Waals surface area contributed by atoms with Crippen molar-refractivity contribution < 1.29 is 28.2 Å². The normalized spacial score (nSPS) is 13.0. The number of ether oxygens (including phenoxy) is 1. The Morgan fingerprint density at radius 2 is 1.42 bits per heavy atom. The molecule has 0 atom stereocenters. The zero-order chi connectivity index (χ0) is 36.7. The molecule has 8 rings (SSSR count). The molecule has 0 radical (unpaired) electrons. The largest absolute Gasteiger partial charge is 0.392 e. The Morgan fingerprint density at radius 1 is 0.755 bits per heavy atom. The average Bonchev–Trinajstić information content (AvgIpc) is 3.89. The van der Waals surface area contributed by atoms with Crippen molar-refractivity contribution in [1.82, 2.24) is 34.8 Å². The molecular weight excluding hydrogens is 680 g/mol. The predicted molar refractivity (Wildman–Crippen MR) is 193 cm³/mol. The summed E-state index contributed by atoms with van der Waals surface area (Å²) in [5.74, 6) is -1.54. The maximum absolute atomic E-state index is 13.8. The van der Waals surface area contributed by atoms with Gasteiger partial charge in [0, 0.05) is 61.1 Å². The van der Waals surface area contributed by atoms with Crippen molar-refractivity contribution in [2.75, 3.05) is 26.3 Å². The first-order chi connectivity index (χ1) is 25.9. The van der Waals surface area contributed by atoms with Gasteiger partial charge in [0.1, 0.15) is 11.6 Å². The van der Waals surface area contributed by atoms with Crippen LogP contribution in [0.1, 0.15) is 43.5 Å². The summed E-state index contributed by atoms with van der Waals surface area (Å²) < 4.78 is 32.9. The number of benzene rings is 3. The molecule has 3 N–H and O–H groups in total. The second-order valence-electron chi connectivity index (χ2n) is 12.2. The first kappa shape index (κ1) is 35.1. The smallest absolute Gasteiger partial charge is 0.228 e. The number of H-pyrrole nitrogens is 2. The number of aromatic amines is 2. The van der Waals surface area contributed by atoms with Crippen LogP contribution in [0.3, 0.4) is 0 Å². The number of rotatable bonds is 9. The third-order valence-corrected chi connectivity index (χ3v) is 8.68. The maximum Gasteiger partial charge on any atom is 0.228 e. The Kier molecular flexibility index (Phi) is 10.6. The van der Waals surface area contributed by atoms with E-state index < -0.39 is 11.6 Å². The highest BCUT2D eigenvalue weighted by Crippen LogP contribution is 2.25. The fourth-order valence-electron chi connectivity index (χ4n) is 5.90. The molecule has 266 valence electrons. The molecule has 7 aromatic rings. The number of fused-ring (bicyclic) bond motifs is 1. The van der Waals surface area contributed by atoms with Crippen LogP contribution in [0.5, 0.6) is 0 Å². The van der Waals surface area contributed by atoms with Gasteiger partial charge in [0.2, 0.25) is 11.6 Å². The van der Waals surface area contributed by atoms with Crippen LogP contribution in [0.15, 0.2) is 110 Å². The number of carbonyl (C=O) groups is 2. The van der Waals surface area contributed by atoms with Crippen LogP contribution >= 0.6 is 0 Å². The van der Waals surface area contributed by atoms with Gasteiger partial charge in [0.05, 0.1) is 47.8 Å². The standard InChI is InChI=1S/C25H24N4O3.C15H9F2N3O/c30-16-17-1-4-19(5-2-17)22-14-20(7-8-26-22)24(31)25-27-21-6-3-18(13-23(21)28-25)15-29-9-11-32-12-10-29;16-10-2-1-3-11(17)13(10)12-8-9(4-5-18-12)14(21)15-19-6-7-20-15/h1-8,13-14,30H,9-12,15-16H2,(H,27,28);1-8H,(H,19,20). The molecule has 1 saturated heterocycles. The number of morpholine rings is 1. The number of nitrogens with one attached hydrogen (secondary N) is 2. The molecular formula is C40H33F2N7O4. The van der Waals surface area contributed by atoms with Gasteiger partial charge in [0.25, 0.3) is 0 Å². The Bertz CT molecular complexity index is 2350. The van der Waals surface area contributed by atoms with Crippen molar-refractivity contribution in [1.29, 1.82) is 0 Å². The van der Waals surface area contributed by atoms with Crippen LogP contribution in [-0.2, 0) is 17.9 Å². The second-order valence-corrected chi connectivity index (χ2v) is 12.2. The monoisotopic (exact) mass is 713 g/mol. The lowest BCUT2D eigenvalue weighted by Crippen LogP contribution is -2.35. The highest BCUT2D eigenvalue weighted by molar-refractivity contribution is 6.08. The fourth-order valence-corrected chi connectivity index (χ4v) is 5.90. The number of pyridine rings is 2. The number of aliphatic hydroxyl groups excluding tert-OH is 1. The van der Waals surface area contributed by atoms with E-state index in [0.717, 1.165) is 67.1 Å². The lowest BCUT2D eigenvalue weighted by molar-refractivity contribution is 0.0342. The zero-order valence-corrected chi connectivity index (χ0v) is 28.3.